The Hall–Kier alpha value is -0.530. The van der Waals surface area contributed by atoms with E-state index >= 15 is 0 Å². The lowest BCUT2D eigenvalue weighted by atomic mass is 10.1. The van der Waals surface area contributed by atoms with E-state index in [0.29, 0.717) is 5.88 Å². The number of benzene rings is 1. The topological polar surface area (TPSA) is 12.0 Å². The van der Waals surface area contributed by atoms with E-state index < -0.39 is 0 Å². The molecule has 0 saturated heterocycles. The predicted molar refractivity (Wildman–Crippen MR) is 67.6 cm³/mol. The monoisotopic (exact) mass is 225 g/mol. The molecule has 0 radical (unpaired) electrons. The molecule has 1 N–H and O–H groups in total. The molecule has 0 heterocycles. The fourth-order valence-electron chi connectivity index (χ4n) is 1.41. The summed E-state index contributed by atoms with van der Waals surface area (Å²) < 4.78 is 0. The highest BCUT2D eigenvalue weighted by atomic mass is 35.5. The molecule has 0 aromatic heterocycles. The summed E-state index contributed by atoms with van der Waals surface area (Å²) >= 11 is 5.83. The Morgan fingerprint density at radius 2 is 1.87 bits per heavy atom. The molecule has 1 aromatic carbocycles. The minimum Gasteiger partial charge on any atom is -0.311 e. The van der Waals surface area contributed by atoms with Crippen molar-refractivity contribution in [2.24, 2.45) is 0 Å². The van der Waals surface area contributed by atoms with Crippen molar-refractivity contribution in [3.8, 4) is 0 Å². The first kappa shape index (κ1) is 12.5. The Kier molecular flexibility index (Phi) is 5.13. The number of halogens is 1. The smallest absolute Gasteiger partial charge is 0.0400 e. The van der Waals surface area contributed by atoms with Gasteiger partial charge in [0.25, 0.3) is 0 Å². The van der Waals surface area contributed by atoms with E-state index in [1.807, 2.05) is 0 Å². The third-order valence-corrected chi connectivity index (χ3v) is 3.09. The van der Waals surface area contributed by atoms with Gasteiger partial charge in [-0.3, -0.25) is 0 Å². The fraction of sp³-hybridized carbons (Fsp3) is 0.538. The molecular weight excluding hydrogens is 206 g/mol. The molecule has 15 heavy (non-hydrogen) atoms. The van der Waals surface area contributed by atoms with Gasteiger partial charge in [0, 0.05) is 11.4 Å². The lowest BCUT2D eigenvalue weighted by molar-refractivity contribution is 0.427. The summed E-state index contributed by atoms with van der Waals surface area (Å²) in [4.78, 5) is 0. The van der Waals surface area contributed by atoms with Crippen LogP contribution in [-0.2, 0) is 6.42 Å². The van der Waals surface area contributed by atoms with Crippen molar-refractivity contribution in [1.82, 2.24) is 5.32 Å². The Labute approximate surface area is 97.8 Å². The predicted octanol–water partition coefficient (Wildman–Crippen LogP) is 3.23. The zero-order valence-electron chi connectivity index (χ0n) is 9.59. The second-order valence-electron chi connectivity index (χ2n) is 4.53. The molecule has 0 aliphatic rings. The van der Waals surface area contributed by atoms with Crippen LogP contribution in [0.25, 0.3) is 0 Å². The van der Waals surface area contributed by atoms with Gasteiger partial charge in [0.15, 0.2) is 0 Å². The SMILES string of the molecule is CC(C)(CCl)NCCCc1ccccc1. The van der Waals surface area contributed by atoms with Crippen LogP contribution in [0.2, 0.25) is 0 Å². The molecule has 0 aliphatic carbocycles. The van der Waals surface area contributed by atoms with Crippen LogP contribution in [0.4, 0.5) is 0 Å². The number of alkyl halides is 1. The molecule has 0 fully saturated rings. The Balaban J connectivity index is 2.18. The van der Waals surface area contributed by atoms with Crippen molar-refractivity contribution >= 4 is 11.6 Å². The average molecular weight is 226 g/mol. The van der Waals surface area contributed by atoms with Gasteiger partial charge in [0.1, 0.15) is 0 Å². The Morgan fingerprint density at radius 1 is 1.20 bits per heavy atom. The zero-order valence-corrected chi connectivity index (χ0v) is 10.3. The number of rotatable bonds is 6. The normalized spacial score (nSPS) is 11.7. The molecule has 1 nitrogen and oxygen atoms in total. The Bertz CT molecular complexity index is 269. The maximum Gasteiger partial charge on any atom is 0.0400 e. The van der Waals surface area contributed by atoms with Gasteiger partial charge < -0.3 is 5.32 Å². The molecule has 0 spiro atoms. The van der Waals surface area contributed by atoms with E-state index in [4.69, 9.17) is 11.6 Å². The fourth-order valence-corrected chi connectivity index (χ4v) is 1.51. The van der Waals surface area contributed by atoms with Crippen molar-refractivity contribution in [1.29, 1.82) is 0 Å². The van der Waals surface area contributed by atoms with E-state index in [9.17, 15) is 0 Å². The van der Waals surface area contributed by atoms with Gasteiger partial charge in [-0.1, -0.05) is 30.3 Å². The van der Waals surface area contributed by atoms with Crippen LogP contribution in [0.15, 0.2) is 30.3 Å². The first-order valence-electron chi connectivity index (χ1n) is 5.49. The lowest BCUT2D eigenvalue weighted by Gasteiger charge is -2.23. The van der Waals surface area contributed by atoms with E-state index in [1.165, 1.54) is 5.56 Å². The summed E-state index contributed by atoms with van der Waals surface area (Å²) in [5.41, 5.74) is 1.46. The van der Waals surface area contributed by atoms with Gasteiger partial charge >= 0.3 is 0 Å². The number of aryl methyl sites for hydroxylation is 1. The van der Waals surface area contributed by atoms with Crippen molar-refractivity contribution in [3.05, 3.63) is 35.9 Å². The van der Waals surface area contributed by atoms with Gasteiger partial charge in [0.2, 0.25) is 0 Å². The van der Waals surface area contributed by atoms with Crippen LogP contribution < -0.4 is 5.32 Å². The highest BCUT2D eigenvalue weighted by Crippen LogP contribution is 2.06. The van der Waals surface area contributed by atoms with Crippen molar-refractivity contribution < 1.29 is 0 Å². The summed E-state index contributed by atoms with van der Waals surface area (Å²) in [5, 5.41) is 3.45. The molecule has 84 valence electrons. The summed E-state index contributed by atoms with van der Waals surface area (Å²) in [6.07, 6.45) is 2.29. The molecule has 2 heteroatoms. The highest BCUT2D eigenvalue weighted by molar-refractivity contribution is 6.18. The Morgan fingerprint density at radius 3 is 2.47 bits per heavy atom. The van der Waals surface area contributed by atoms with Crippen LogP contribution in [0.3, 0.4) is 0 Å². The maximum atomic E-state index is 5.83. The largest absolute Gasteiger partial charge is 0.311 e. The van der Waals surface area contributed by atoms with Crippen molar-refractivity contribution in [2.45, 2.75) is 32.2 Å². The van der Waals surface area contributed by atoms with E-state index in [0.717, 1.165) is 19.4 Å². The van der Waals surface area contributed by atoms with Crippen molar-refractivity contribution in [2.75, 3.05) is 12.4 Å². The third kappa shape index (κ3) is 5.19. The van der Waals surface area contributed by atoms with Gasteiger partial charge in [-0.2, -0.15) is 0 Å². The molecular formula is C13H20ClN. The number of hydrogen-bond donors (Lipinski definition) is 1. The van der Waals surface area contributed by atoms with Crippen LogP contribution in [0, 0.1) is 0 Å². The molecule has 1 rings (SSSR count). The molecule has 0 unspecified atom stereocenters. The molecule has 0 saturated carbocycles. The summed E-state index contributed by atoms with van der Waals surface area (Å²) in [7, 11) is 0. The zero-order chi connectivity index (χ0) is 11.1. The van der Waals surface area contributed by atoms with E-state index in [-0.39, 0.29) is 5.54 Å². The average Bonchev–Trinajstić information content (AvgIpc) is 2.26. The van der Waals surface area contributed by atoms with Gasteiger partial charge in [-0.15, -0.1) is 11.6 Å². The van der Waals surface area contributed by atoms with Crippen LogP contribution in [0.1, 0.15) is 25.8 Å². The minimum absolute atomic E-state index is 0.0538. The maximum absolute atomic E-state index is 5.83. The minimum atomic E-state index is 0.0538. The third-order valence-electron chi connectivity index (χ3n) is 2.42. The second kappa shape index (κ2) is 6.14. The summed E-state index contributed by atoms with van der Waals surface area (Å²) in [5.74, 6) is 0.651. The van der Waals surface area contributed by atoms with Crippen LogP contribution in [0.5, 0.6) is 0 Å². The van der Waals surface area contributed by atoms with Crippen molar-refractivity contribution in [3.63, 3.8) is 0 Å². The highest BCUT2D eigenvalue weighted by Gasteiger charge is 2.13. The lowest BCUT2D eigenvalue weighted by Crippen LogP contribution is -2.41. The van der Waals surface area contributed by atoms with E-state index in [2.05, 4.69) is 49.5 Å². The summed E-state index contributed by atoms with van der Waals surface area (Å²) in [6, 6.07) is 10.6. The molecule has 0 atom stereocenters. The van der Waals surface area contributed by atoms with Crippen LogP contribution in [-0.4, -0.2) is 18.0 Å². The second-order valence-corrected chi connectivity index (χ2v) is 4.80. The van der Waals surface area contributed by atoms with E-state index in [1.54, 1.807) is 0 Å². The quantitative estimate of drug-likeness (QED) is 0.579. The summed E-state index contributed by atoms with van der Waals surface area (Å²) in [6.45, 7) is 5.28. The number of nitrogens with one attached hydrogen (secondary N) is 1. The molecule has 0 amide bonds. The number of hydrogen-bond acceptors (Lipinski definition) is 1. The van der Waals surface area contributed by atoms with Crippen LogP contribution >= 0.6 is 11.6 Å². The molecule has 0 aliphatic heterocycles. The van der Waals surface area contributed by atoms with Gasteiger partial charge in [-0.05, 0) is 38.8 Å². The standard InChI is InChI=1S/C13H20ClN/c1-13(2,11-14)15-10-6-9-12-7-4-3-5-8-12/h3-5,7-8,15H,6,9-11H2,1-2H3. The first-order valence-corrected chi connectivity index (χ1v) is 6.02. The van der Waals surface area contributed by atoms with Gasteiger partial charge in [-0.25, -0.2) is 0 Å². The molecule has 1 aromatic rings. The first-order chi connectivity index (χ1) is 7.14. The molecule has 0 bridgehead atoms. The van der Waals surface area contributed by atoms with Gasteiger partial charge in [0.05, 0.1) is 0 Å².